The first kappa shape index (κ1) is 27.8. The predicted octanol–water partition coefficient (Wildman–Crippen LogP) is 6.70. The molecule has 0 saturated carbocycles. The highest BCUT2D eigenvalue weighted by atomic mass is 32.1. The first-order valence-corrected chi connectivity index (χ1v) is 14.2. The molecular formula is C31H37FN2O3S. The summed E-state index contributed by atoms with van der Waals surface area (Å²) in [7, 11) is 0. The number of rotatable bonds is 10. The smallest absolute Gasteiger partial charge is 0.257 e. The van der Waals surface area contributed by atoms with E-state index in [1.165, 1.54) is 27.5 Å². The van der Waals surface area contributed by atoms with E-state index in [0.717, 1.165) is 24.2 Å². The van der Waals surface area contributed by atoms with Gasteiger partial charge in [-0.15, -0.1) is 11.3 Å². The molecule has 2 heterocycles. The Hall–Kier alpha value is -3.19. The summed E-state index contributed by atoms with van der Waals surface area (Å²) in [5.41, 5.74) is 2.34. The average Bonchev–Trinajstić information content (AvgIpc) is 3.39. The Labute approximate surface area is 229 Å². The Morgan fingerprint density at radius 2 is 1.82 bits per heavy atom. The van der Waals surface area contributed by atoms with Crippen molar-refractivity contribution < 1.29 is 18.7 Å². The van der Waals surface area contributed by atoms with Crippen molar-refractivity contribution in [3.05, 3.63) is 87.4 Å². The summed E-state index contributed by atoms with van der Waals surface area (Å²) in [4.78, 5) is 31.6. The van der Waals surface area contributed by atoms with Gasteiger partial charge >= 0.3 is 0 Å². The number of nitrogens with zero attached hydrogens (tertiary/aromatic N) is 2. The molecule has 1 aliphatic rings. The highest BCUT2D eigenvalue weighted by Crippen LogP contribution is 2.34. The Balaban J connectivity index is 1.52. The van der Waals surface area contributed by atoms with E-state index >= 15 is 0 Å². The van der Waals surface area contributed by atoms with Gasteiger partial charge in [-0.25, -0.2) is 4.39 Å². The molecule has 0 N–H and O–H groups in total. The van der Waals surface area contributed by atoms with Gasteiger partial charge in [0, 0.05) is 18.0 Å². The molecule has 1 aromatic heterocycles. The minimum absolute atomic E-state index is 0.00690. The van der Waals surface area contributed by atoms with E-state index in [0.29, 0.717) is 31.5 Å². The normalized spacial score (nSPS) is 15.0. The molecule has 2 aromatic carbocycles. The zero-order valence-electron chi connectivity index (χ0n) is 22.7. The van der Waals surface area contributed by atoms with E-state index < -0.39 is 11.7 Å². The molecule has 4 rings (SSSR count). The summed E-state index contributed by atoms with van der Waals surface area (Å²) in [6, 6.07) is 15.9. The van der Waals surface area contributed by atoms with Crippen LogP contribution < -0.4 is 4.74 Å². The van der Waals surface area contributed by atoms with Crippen LogP contribution in [0.25, 0.3) is 0 Å². The summed E-state index contributed by atoms with van der Waals surface area (Å²) in [6.45, 7) is 9.61. The molecule has 0 saturated heterocycles. The molecule has 0 fully saturated rings. The summed E-state index contributed by atoms with van der Waals surface area (Å²) in [5, 5.41) is 2.06. The predicted molar refractivity (Wildman–Crippen MR) is 150 cm³/mol. The molecule has 0 radical (unpaired) electrons. The van der Waals surface area contributed by atoms with Crippen LogP contribution in [0.1, 0.15) is 72.4 Å². The Morgan fingerprint density at radius 3 is 2.50 bits per heavy atom. The van der Waals surface area contributed by atoms with Crippen LogP contribution in [0.3, 0.4) is 0 Å². The van der Waals surface area contributed by atoms with Crippen molar-refractivity contribution in [2.45, 2.75) is 52.5 Å². The molecule has 0 aliphatic carbocycles. The van der Waals surface area contributed by atoms with Gasteiger partial charge in [0.2, 0.25) is 5.91 Å². The second-order valence-electron chi connectivity index (χ2n) is 10.6. The maximum Gasteiger partial charge on any atom is 0.257 e. The maximum atomic E-state index is 14.5. The SMILES string of the molecule is CC(C)CCN(CC(=O)N1CCc2sccc2[C@H]1COc1ccc(C(C)C)cc1)C(=O)c1ccccc1F. The highest BCUT2D eigenvalue weighted by Gasteiger charge is 2.34. The lowest BCUT2D eigenvalue weighted by Crippen LogP contribution is -2.48. The first-order chi connectivity index (χ1) is 18.2. The van der Waals surface area contributed by atoms with Crippen LogP contribution in [-0.2, 0) is 11.2 Å². The van der Waals surface area contributed by atoms with Crippen LogP contribution in [0.2, 0.25) is 0 Å². The monoisotopic (exact) mass is 536 g/mol. The topological polar surface area (TPSA) is 49.9 Å². The second-order valence-corrected chi connectivity index (χ2v) is 11.6. The van der Waals surface area contributed by atoms with Crippen LogP contribution in [0.4, 0.5) is 4.39 Å². The molecule has 2 amide bonds. The standard InChI is InChI=1S/C31H37FN2O3S/c1-21(2)13-16-33(31(36)25-7-5-6-8-27(25)32)19-30(35)34-17-14-29-26(15-18-38-29)28(34)20-37-24-11-9-23(10-12-24)22(3)4/h5-12,15,18,21-22,28H,13-14,16-17,19-20H2,1-4H3/t28-/m1/s1. The van der Waals surface area contributed by atoms with Gasteiger partial charge < -0.3 is 14.5 Å². The zero-order valence-corrected chi connectivity index (χ0v) is 23.5. The number of halogens is 1. The minimum Gasteiger partial charge on any atom is -0.491 e. The zero-order chi connectivity index (χ0) is 27.2. The van der Waals surface area contributed by atoms with Crippen molar-refractivity contribution in [1.29, 1.82) is 0 Å². The molecule has 0 spiro atoms. The minimum atomic E-state index is -0.574. The van der Waals surface area contributed by atoms with E-state index in [-0.39, 0.29) is 24.1 Å². The summed E-state index contributed by atoms with van der Waals surface area (Å²) in [5.74, 6) is 0.359. The third-order valence-corrected chi connectivity index (χ3v) is 8.06. The fraction of sp³-hybridized carbons (Fsp3) is 0.419. The Kier molecular flexibility index (Phi) is 9.21. The first-order valence-electron chi connectivity index (χ1n) is 13.4. The van der Waals surface area contributed by atoms with Crippen molar-refractivity contribution in [3.63, 3.8) is 0 Å². The van der Waals surface area contributed by atoms with Gasteiger partial charge in [-0.2, -0.15) is 0 Å². The lowest BCUT2D eigenvalue weighted by molar-refractivity contribution is -0.135. The number of fused-ring (bicyclic) bond motifs is 1. The molecule has 202 valence electrons. The van der Waals surface area contributed by atoms with Gasteiger partial charge in [-0.1, -0.05) is 52.0 Å². The quantitative estimate of drug-likeness (QED) is 0.290. The second kappa shape index (κ2) is 12.6. The van der Waals surface area contributed by atoms with Crippen molar-refractivity contribution in [2.24, 2.45) is 5.92 Å². The van der Waals surface area contributed by atoms with Crippen molar-refractivity contribution >= 4 is 23.2 Å². The van der Waals surface area contributed by atoms with E-state index in [1.54, 1.807) is 23.5 Å². The van der Waals surface area contributed by atoms with E-state index in [4.69, 9.17) is 4.74 Å². The molecule has 3 aromatic rings. The van der Waals surface area contributed by atoms with Crippen LogP contribution in [0, 0.1) is 11.7 Å². The molecule has 5 nitrogen and oxygen atoms in total. The largest absolute Gasteiger partial charge is 0.491 e. The van der Waals surface area contributed by atoms with Gasteiger partial charge in [0.1, 0.15) is 24.7 Å². The van der Waals surface area contributed by atoms with Gasteiger partial charge in [-0.05, 0) is 71.5 Å². The highest BCUT2D eigenvalue weighted by molar-refractivity contribution is 7.10. The van der Waals surface area contributed by atoms with Crippen molar-refractivity contribution in [3.8, 4) is 5.75 Å². The molecular weight excluding hydrogens is 499 g/mol. The molecule has 0 unspecified atom stereocenters. The summed E-state index contributed by atoms with van der Waals surface area (Å²) in [6.07, 6.45) is 1.49. The van der Waals surface area contributed by atoms with Gasteiger partial charge in [0.05, 0.1) is 11.6 Å². The van der Waals surface area contributed by atoms with Crippen LogP contribution in [0.15, 0.2) is 60.0 Å². The maximum absolute atomic E-state index is 14.5. The van der Waals surface area contributed by atoms with Gasteiger partial charge in [-0.3, -0.25) is 9.59 Å². The molecule has 7 heteroatoms. The number of carbonyl (C=O) groups excluding carboxylic acids is 2. The number of amides is 2. The fourth-order valence-corrected chi connectivity index (χ4v) is 5.65. The third kappa shape index (κ3) is 6.62. The third-order valence-electron chi connectivity index (χ3n) is 7.06. The Morgan fingerprint density at radius 1 is 1.08 bits per heavy atom. The van der Waals surface area contributed by atoms with E-state index in [2.05, 4.69) is 51.3 Å². The van der Waals surface area contributed by atoms with Crippen LogP contribution >= 0.6 is 11.3 Å². The molecule has 38 heavy (non-hydrogen) atoms. The fourth-order valence-electron chi connectivity index (χ4n) is 4.72. The molecule has 1 aliphatic heterocycles. The van der Waals surface area contributed by atoms with Gasteiger partial charge in [0.15, 0.2) is 0 Å². The molecule has 1 atom stereocenters. The summed E-state index contributed by atoms with van der Waals surface area (Å²) < 4.78 is 20.6. The van der Waals surface area contributed by atoms with Crippen molar-refractivity contribution in [1.82, 2.24) is 9.80 Å². The average molecular weight is 537 g/mol. The molecule has 0 bridgehead atoms. The van der Waals surface area contributed by atoms with Crippen LogP contribution in [0.5, 0.6) is 5.75 Å². The number of hydrogen-bond acceptors (Lipinski definition) is 4. The lowest BCUT2D eigenvalue weighted by Gasteiger charge is -2.37. The van der Waals surface area contributed by atoms with Gasteiger partial charge in [0.25, 0.3) is 5.91 Å². The number of thiophene rings is 1. The van der Waals surface area contributed by atoms with E-state index in [1.807, 2.05) is 17.0 Å². The number of carbonyl (C=O) groups is 2. The number of ether oxygens (including phenoxy) is 1. The summed E-state index contributed by atoms with van der Waals surface area (Å²) >= 11 is 1.70. The van der Waals surface area contributed by atoms with Crippen LogP contribution in [-0.4, -0.2) is 47.9 Å². The number of benzene rings is 2. The number of hydrogen-bond donors (Lipinski definition) is 0. The van der Waals surface area contributed by atoms with E-state index in [9.17, 15) is 14.0 Å². The Bertz CT molecular complexity index is 1240. The lowest BCUT2D eigenvalue weighted by atomic mass is 10.00. The van der Waals surface area contributed by atoms with Crippen molar-refractivity contribution in [2.75, 3.05) is 26.2 Å².